The molecule has 1 heterocycles. The van der Waals surface area contributed by atoms with Crippen LogP contribution in [0.2, 0.25) is 0 Å². The van der Waals surface area contributed by atoms with Crippen molar-refractivity contribution < 1.29 is 19.2 Å². The van der Waals surface area contributed by atoms with Crippen LogP contribution in [0.5, 0.6) is 0 Å². The van der Waals surface area contributed by atoms with Gasteiger partial charge < -0.3 is 10.1 Å². The number of anilines is 1. The fourth-order valence-corrected chi connectivity index (χ4v) is 2.19. The van der Waals surface area contributed by atoms with E-state index in [4.69, 9.17) is 4.74 Å². The normalized spacial score (nSPS) is 12.1. The van der Waals surface area contributed by atoms with Crippen LogP contribution in [0, 0.1) is 10.1 Å². The summed E-state index contributed by atoms with van der Waals surface area (Å²) in [5.41, 5.74) is 0.552. The quantitative estimate of drug-likeness (QED) is 0.346. The number of nitro benzene ring substituents is 1. The number of aromatic nitrogens is 2. The van der Waals surface area contributed by atoms with Gasteiger partial charge in [0.05, 0.1) is 11.1 Å². The van der Waals surface area contributed by atoms with Crippen LogP contribution in [0.3, 0.4) is 0 Å². The average molecular weight is 372 g/mol. The number of esters is 1. The van der Waals surface area contributed by atoms with Gasteiger partial charge >= 0.3 is 5.97 Å². The van der Waals surface area contributed by atoms with Crippen LogP contribution < -0.4 is 5.32 Å². The molecule has 0 saturated carbocycles. The van der Waals surface area contributed by atoms with Crippen molar-refractivity contribution >= 4 is 29.5 Å². The summed E-state index contributed by atoms with van der Waals surface area (Å²) in [7, 11) is 0. The van der Waals surface area contributed by atoms with E-state index in [-0.39, 0.29) is 11.7 Å². The van der Waals surface area contributed by atoms with Crippen LogP contribution in [0.15, 0.2) is 42.6 Å². The Morgan fingerprint density at radius 1 is 1.22 bits per heavy atom. The second-order valence-corrected chi connectivity index (χ2v) is 6.01. The SMILES string of the molecule is CC(C)n1nccc1NC(=O)[C@@H](C)OC(=O)/C=C/c1ccc([N+](=O)[O-])cc1. The Bertz CT molecular complexity index is 855. The summed E-state index contributed by atoms with van der Waals surface area (Å²) in [5, 5.41) is 17.4. The molecule has 1 aromatic heterocycles. The monoisotopic (exact) mass is 372 g/mol. The summed E-state index contributed by atoms with van der Waals surface area (Å²) in [6, 6.07) is 7.40. The van der Waals surface area contributed by atoms with Gasteiger partial charge in [-0.3, -0.25) is 14.9 Å². The molecule has 0 bridgehead atoms. The summed E-state index contributed by atoms with van der Waals surface area (Å²) < 4.78 is 6.71. The van der Waals surface area contributed by atoms with Gasteiger partial charge in [0.1, 0.15) is 5.82 Å². The van der Waals surface area contributed by atoms with Crippen molar-refractivity contribution in [2.75, 3.05) is 5.32 Å². The smallest absolute Gasteiger partial charge is 0.331 e. The van der Waals surface area contributed by atoms with Gasteiger partial charge in [-0.25, -0.2) is 9.48 Å². The molecule has 9 nitrogen and oxygen atoms in total. The summed E-state index contributed by atoms with van der Waals surface area (Å²) >= 11 is 0. The predicted octanol–water partition coefficient (Wildman–Crippen LogP) is 2.96. The molecular weight excluding hydrogens is 352 g/mol. The van der Waals surface area contributed by atoms with Crippen molar-refractivity contribution in [3.63, 3.8) is 0 Å². The van der Waals surface area contributed by atoms with Crippen molar-refractivity contribution in [3.05, 3.63) is 58.3 Å². The third-order valence-electron chi connectivity index (χ3n) is 3.59. The molecule has 0 aliphatic heterocycles. The van der Waals surface area contributed by atoms with Gasteiger partial charge in [-0.05, 0) is 44.5 Å². The molecular formula is C18H20N4O5. The predicted molar refractivity (Wildman–Crippen MR) is 98.9 cm³/mol. The molecule has 1 aromatic carbocycles. The zero-order valence-electron chi connectivity index (χ0n) is 15.2. The number of nitro groups is 1. The number of carbonyl (C=O) groups is 2. The minimum Gasteiger partial charge on any atom is -0.449 e. The lowest BCUT2D eigenvalue weighted by Gasteiger charge is -2.15. The van der Waals surface area contributed by atoms with Crippen molar-refractivity contribution in [1.82, 2.24) is 9.78 Å². The Kier molecular flexibility index (Phi) is 6.42. The minimum atomic E-state index is -1.01. The average Bonchev–Trinajstić information content (AvgIpc) is 3.08. The molecule has 2 rings (SSSR count). The van der Waals surface area contributed by atoms with Gasteiger partial charge in [0.25, 0.3) is 11.6 Å². The lowest BCUT2D eigenvalue weighted by molar-refractivity contribution is -0.384. The van der Waals surface area contributed by atoms with Crippen molar-refractivity contribution in [1.29, 1.82) is 0 Å². The first-order chi connectivity index (χ1) is 12.8. The van der Waals surface area contributed by atoms with Gasteiger partial charge in [-0.1, -0.05) is 0 Å². The van der Waals surface area contributed by atoms with Gasteiger partial charge in [0.2, 0.25) is 0 Å². The standard InChI is InChI=1S/C18H20N4O5/c1-12(2)21-16(10-11-19-21)20-18(24)13(3)27-17(23)9-6-14-4-7-15(8-5-14)22(25)26/h4-13H,1-3H3,(H,20,24)/b9-6+/t13-/m1/s1. The highest BCUT2D eigenvalue weighted by atomic mass is 16.6. The molecule has 1 N–H and O–H groups in total. The molecule has 9 heteroatoms. The van der Waals surface area contributed by atoms with Crippen molar-refractivity contribution in [3.8, 4) is 0 Å². The summed E-state index contributed by atoms with van der Waals surface area (Å²) in [6.45, 7) is 5.31. The molecule has 142 valence electrons. The van der Waals surface area contributed by atoms with Gasteiger partial charge in [0.15, 0.2) is 6.10 Å². The third kappa shape index (κ3) is 5.50. The molecule has 0 aliphatic rings. The molecule has 1 amide bonds. The highest BCUT2D eigenvalue weighted by Gasteiger charge is 2.18. The molecule has 0 spiro atoms. The highest BCUT2D eigenvalue weighted by Crippen LogP contribution is 2.14. The van der Waals surface area contributed by atoms with Crippen LogP contribution >= 0.6 is 0 Å². The first kappa shape index (κ1) is 19.8. The van der Waals surface area contributed by atoms with E-state index in [1.165, 1.54) is 37.3 Å². The number of carbonyl (C=O) groups excluding carboxylic acids is 2. The van der Waals surface area contributed by atoms with E-state index in [1.807, 2.05) is 13.8 Å². The van der Waals surface area contributed by atoms with E-state index >= 15 is 0 Å². The van der Waals surface area contributed by atoms with E-state index < -0.39 is 22.9 Å². The second kappa shape index (κ2) is 8.75. The first-order valence-corrected chi connectivity index (χ1v) is 8.25. The summed E-state index contributed by atoms with van der Waals surface area (Å²) in [6.07, 6.45) is 3.17. The van der Waals surface area contributed by atoms with Crippen LogP contribution in [0.25, 0.3) is 6.08 Å². The van der Waals surface area contributed by atoms with Crippen LogP contribution in [-0.2, 0) is 14.3 Å². The maximum atomic E-state index is 12.2. The molecule has 27 heavy (non-hydrogen) atoms. The van der Waals surface area contributed by atoms with E-state index in [0.717, 1.165) is 6.08 Å². The number of non-ortho nitro benzene ring substituents is 1. The van der Waals surface area contributed by atoms with Crippen LogP contribution in [0.4, 0.5) is 11.5 Å². The molecule has 0 radical (unpaired) electrons. The molecule has 0 unspecified atom stereocenters. The number of amides is 1. The number of nitrogens with one attached hydrogen (secondary N) is 1. The number of hydrogen-bond acceptors (Lipinski definition) is 6. The molecule has 1 atom stereocenters. The van der Waals surface area contributed by atoms with Gasteiger partial charge in [-0.2, -0.15) is 5.10 Å². The molecule has 0 aliphatic carbocycles. The Balaban J connectivity index is 1.91. The molecule has 0 saturated heterocycles. The summed E-state index contributed by atoms with van der Waals surface area (Å²) in [4.78, 5) is 34.1. The Morgan fingerprint density at radius 3 is 2.48 bits per heavy atom. The van der Waals surface area contributed by atoms with E-state index in [2.05, 4.69) is 10.4 Å². The van der Waals surface area contributed by atoms with Gasteiger partial charge in [-0.15, -0.1) is 0 Å². The number of rotatable bonds is 7. The number of ether oxygens (including phenoxy) is 1. The summed E-state index contributed by atoms with van der Waals surface area (Å²) in [5.74, 6) is -0.665. The zero-order valence-corrected chi connectivity index (χ0v) is 15.2. The minimum absolute atomic E-state index is 0.0411. The molecule has 2 aromatic rings. The van der Waals surface area contributed by atoms with E-state index in [1.54, 1.807) is 16.9 Å². The van der Waals surface area contributed by atoms with E-state index in [0.29, 0.717) is 11.4 Å². The first-order valence-electron chi connectivity index (χ1n) is 8.25. The van der Waals surface area contributed by atoms with E-state index in [9.17, 15) is 19.7 Å². The Labute approximate surface area is 155 Å². The van der Waals surface area contributed by atoms with Crippen molar-refractivity contribution in [2.24, 2.45) is 0 Å². The lowest BCUT2D eigenvalue weighted by atomic mass is 10.2. The fourth-order valence-electron chi connectivity index (χ4n) is 2.19. The van der Waals surface area contributed by atoms with Gasteiger partial charge in [0, 0.05) is 30.3 Å². The topological polar surface area (TPSA) is 116 Å². The van der Waals surface area contributed by atoms with Crippen LogP contribution in [-0.4, -0.2) is 32.7 Å². The highest BCUT2D eigenvalue weighted by molar-refractivity contribution is 5.96. The number of hydrogen-bond donors (Lipinski definition) is 1. The number of nitrogens with zero attached hydrogens (tertiary/aromatic N) is 3. The Hall–Kier alpha value is -3.49. The fraction of sp³-hybridized carbons (Fsp3) is 0.278. The maximum absolute atomic E-state index is 12.2. The third-order valence-corrected chi connectivity index (χ3v) is 3.59. The maximum Gasteiger partial charge on any atom is 0.331 e. The lowest BCUT2D eigenvalue weighted by Crippen LogP contribution is -2.30. The number of benzene rings is 1. The van der Waals surface area contributed by atoms with Crippen LogP contribution in [0.1, 0.15) is 32.4 Å². The second-order valence-electron chi connectivity index (χ2n) is 6.01. The Morgan fingerprint density at radius 2 is 1.89 bits per heavy atom. The zero-order chi connectivity index (χ0) is 20.0. The largest absolute Gasteiger partial charge is 0.449 e. The molecule has 0 fully saturated rings. The van der Waals surface area contributed by atoms with Crippen molar-refractivity contribution in [2.45, 2.75) is 32.9 Å².